The van der Waals surface area contributed by atoms with E-state index < -0.39 is 35.4 Å². The number of nitrogens with two attached hydrogens (primary N) is 1. The van der Waals surface area contributed by atoms with Gasteiger partial charge in [0, 0.05) is 62.2 Å². The van der Waals surface area contributed by atoms with Gasteiger partial charge in [-0.05, 0) is 24.5 Å². The van der Waals surface area contributed by atoms with Gasteiger partial charge in [0.25, 0.3) is 0 Å². The number of fused-ring (bicyclic) bond motifs is 1. The van der Waals surface area contributed by atoms with Crippen LogP contribution in [0.25, 0.3) is 0 Å². The number of carboxylic acids is 2. The van der Waals surface area contributed by atoms with Crippen molar-refractivity contribution in [3.8, 4) is 0 Å². The number of carbonyl (C=O) groups excluding carboxylic acids is 2. The van der Waals surface area contributed by atoms with Gasteiger partial charge in [-0.2, -0.15) is 0 Å². The van der Waals surface area contributed by atoms with Gasteiger partial charge < -0.3 is 25.7 Å². The molecule has 2 fully saturated rings. The van der Waals surface area contributed by atoms with Crippen LogP contribution in [0.3, 0.4) is 0 Å². The number of carboxylic acid groups (broad SMARTS) is 2. The van der Waals surface area contributed by atoms with E-state index in [1.807, 2.05) is 18.7 Å². The Morgan fingerprint density at radius 1 is 1.03 bits per heavy atom. The highest BCUT2D eigenvalue weighted by Crippen LogP contribution is 2.32. The molecular formula is C24H30F3N3O6. The van der Waals surface area contributed by atoms with E-state index in [4.69, 9.17) is 15.9 Å². The average molecular weight is 514 g/mol. The van der Waals surface area contributed by atoms with Crippen molar-refractivity contribution in [2.45, 2.75) is 45.2 Å². The van der Waals surface area contributed by atoms with Gasteiger partial charge in [-0.15, -0.1) is 0 Å². The van der Waals surface area contributed by atoms with Gasteiger partial charge in [-0.25, -0.2) is 22.8 Å². The Balaban J connectivity index is 0.000000493. The van der Waals surface area contributed by atoms with E-state index in [1.54, 1.807) is 4.90 Å². The molecule has 2 saturated heterocycles. The first-order valence-corrected chi connectivity index (χ1v) is 11.4. The van der Waals surface area contributed by atoms with E-state index in [0.717, 1.165) is 12.5 Å². The summed E-state index contributed by atoms with van der Waals surface area (Å²) in [4.78, 5) is 47.6. The summed E-state index contributed by atoms with van der Waals surface area (Å²) in [6.45, 7) is 5.52. The summed E-state index contributed by atoms with van der Waals surface area (Å²) in [5, 5.41) is 15.6. The highest BCUT2D eigenvalue weighted by atomic mass is 19.2. The molecule has 0 radical (unpaired) electrons. The molecule has 1 aromatic rings. The van der Waals surface area contributed by atoms with E-state index in [2.05, 4.69) is 0 Å². The first-order chi connectivity index (χ1) is 16.8. The molecule has 12 heteroatoms. The zero-order valence-electron chi connectivity index (χ0n) is 20.0. The van der Waals surface area contributed by atoms with Crippen molar-refractivity contribution in [1.29, 1.82) is 0 Å². The second kappa shape index (κ2) is 12.5. The molecule has 0 unspecified atom stereocenters. The molecule has 0 aromatic heterocycles. The maximum Gasteiger partial charge on any atom is 0.328 e. The minimum absolute atomic E-state index is 0.0117. The summed E-state index contributed by atoms with van der Waals surface area (Å²) in [6.07, 6.45) is 1.88. The third kappa shape index (κ3) is 7.80. The van der Waals surface area contributed by atoms with Gasteiger partial charge in [0.2, 0.25) is 11.8 Å². The molecule has 9 nitrogen and oxygen atoms in total. The fourth-order valence-corrected chi connectivity index (χ4v) is 4.38. The van der Waals surface area contributed by atoms with Crippen LogP contribution >= 0.6 is 0 Å². The first-order valence-electron chi connectivity index (χ1n) is 11.4. The Morgan fingerprint density at radius 3 is 2.17 bits per heavy atom. The maximum atomic E-state index is 13.8. The molecule has 0 bridgehead atoms. The second-order valence-electron chi connectivity index (χ2n) is 9.14. The van der Waals surface area contributed by atoms with Gasteiger partial charge in [0.1, 0.15) is 5.82 Å². The minimum atomic E-state index is -1.26. The predicted molar refractivity (Wildman–Crippen MR) is 122 cm³/mol. The lowest BCUT2D eigenvalue weighted by Gasteiger charge is -2.26. The molecule has 3 atom stereocenters. The minimum Gasteiger partial charge on any atom is -0.478 e. The standard InChI is InChI=1S/C20H26F3N3O2.C4H4O4/c1-11(2)20(28)25-9-12-3-4-26(18(12)10-25)19(27)7-14(24)5-13-6-16(22)17(23)8-15(13)21;5-3(6)1-2-4(7)8/h6,8,11-12,14,18H,3-5,7,9-10,24H2,1-2H3;1-2H,(H,5,6)(H,7,8)/b;2-1+/t12-,14+,18+;/m0./s1. The quantitative estimate of drug-likeness (QED) is 0.373. The number of rotatable bonds is 7. The zero-order chi connectivity index (χ0) is 27.2. The first kappa shape index (κ1) is 28.8. The topological polar surface area (TPSA) is 141 Å². The van der Waals surface area contributed by atoms with Crippen LogP contribution in [0.15, 0.2) is 24.3 Å². The lowest BCUT2D eigenvalue weighted by Crippen LogP contribution is -2.43. The lowest BCUT2D eigenvalue weighted by atomic mass is 10.0. The number of aliphatic carboxylic acids is 2. The molecule has 3 rings (SSSR count). The molecule has 2 aliphatic rings. The van der Waals surface area contributed by atoms with Crippen LogP contribution in [0.1, 0.15) is 32.3 Å². The molecule has 36 heavy (non-hydrogen) atoms. The van der Waals surface area contributed by atoms with Crippen LogP contribution in [0.5, 0.6) is 0 Å². The Bertz CT molecular complexity index is 1020. The Kier molecular flexibility index (Phi) is 10.0. The molecule has 4 N–H and O–H groups in total. The Hall–Kier alpha value is -3.41. The van der Waals surface area contributed by atoms with E-state index in [0.29, 0.717) is 37.9 Å². The Labute approximate surface area is 206 Å². The number of halogens is 3. The Morgan fingerprint density at radius 2 is 1.61 bits per heavy atom. The number of carbonyl (C=O) groups is 4. The van der Waals surface area contributed by atoms with Crippen LogP contribution in [0.2, 0.25) is 0 Å². The molecular weight excluding hydrogens is 483 g/mol. The van der Waals surface area contributed by atoms with Crippen molar-refractivity contribution in [2.75, 3.05) is 19.6 Å². The van der Waals surface area contributed by atoms with Crippen molar-refractivity contribution >= 4 is 23.8 Å². The lowest BCUT2D eigenvalue weighted by molar-refractivity contribution is -0.136. The summed E-state index contributed by atoms with van der Waals surface area (Å²) in [5.41, 5.74) is 5.94. The number of nitrogens with zero attached hydrogens (tertiary/aromatic N) is 2. The van der Waals surface area contributed by atoms with Crippen LogP contribution in [-0.2, 0) is 25.6 Å². The number of hydrogen-bond donors (Lipinski definition) is 3. The molecule has 2 heterocycles. The molecule has 2 amide bonds. The van der Waals surface area contributed by atoms with Crippen LogP contribution in [0.4, 0.5) is 13.2 Å². The van der Waals surface area contributed by atoms with E-state index in [1.165, 1.54) is 0 Å². The molecule has 2 aliphatic heterocycles. The third-order valence-corrected chi connectivity index (χ3v) is 6.05. The maximum absolute atomic E-state index is 13.8. The summed E-state index contributed by atoms with van der Waals surface area (Å²) >= 11 is 0. The second-order valence-corrected chi connectivity index (χ2v) is 9.14. The number of likely N-dealkylation sites (tertiary alicyclic amines) is 2. The van der Waals surface area contributed by atoms with Gasteiger partial charge >= 0.3 is 11.9 Å². The van der Waals surface area contributed by atoms with Crippen molar-refractivity contribution in [3.63, 3.8) is 0 Å². The molecule has 198 valence electrons. The average Bonchev–Trinajstić information content (AvgIpc) is 3.36. The smallest absolute Gasteiger partial charge is 0.328 e. The van der Waals surface area contributed by atoms with Crippen LogP contribution < -0.4 is 5.73 Å². The van der Waals surface area contributed by atoms with Crippen molar-refractivity contribution in [2.24, 2.45) is 17.6 Å². The van der Waals surface area contributed by atoms with Gasteiger partial charge in [0.05, 0.1) is 6.04 Å². The van der Waals surface area contributed by atoms with E-state index in [-0.39, 0.29) is 48.1 Å². The monoisotopic (exact) mass is 513 g/mol. The van der Waals surface area contributed by atoms with Crippen molar-refractivity contribution in [1.82, 2.24) is 9.80 Å². The number of amides is 2. The van der Waals surface area contributed by atoms with Crippen molar-refractivity contribution in [3.05, 3.63) is 47.3 Å². The third-order valence-electron chi connectivity index (χ3n) is 6.05. The van der Waals surface area contributed by atoms with E-state index >= 15 is 0 Å². The van der Waals surface area contributed by atoms with E-state index in [9.17, 15) is 32.3 Å². The summed E-state index contributed by atoms with van der Waals surface area (Å²) < 4.78 is 40.2. The number of benzene rings is 1. The van der Waals surface area contributed by atoms with Gasteiger partial charge in [-0.1, -0.05) is 13.8 Å². The fourth-order valence-electron chi connectivity index (χ4n) is 4.38. The normalized spacial score (nSPS) is 19.8. The summed E-state index contributed by atoms with van der Waals surface area (Å²) in [5.74, 6) is -5.65. The fraction of sp³-hybridized carbons (Fsp3) is 0.500. The van der Waals surface area contributed by atoms with Crippen LogP contribution in [0, 0.1) is 29.3 Å². The molecule has 0 aliphatic carbocycles. The molecule has 1 aromatic carbocycles. The van der Waals surface area contributed by atoms with Crippen molar-refractivity contribution < 1.29 is 42.6 Å². The predicted octanol–water partition coefficient (Wildman–Crippen LogP) is 1.79. The largest absolute Gasteiger partial charge is 0.478 e. The zero-order valence-corrected chi connectivity index (χ0v) is 20.0. The van der Waals surface area contributed by atoms with Gasteiger partial charge in [-0.3, -0.25) is 9.59 Å². The molecule has 0 spiro atoms. The number of hydrogen-bond acceptors (Lipinski definition) is 5. The summed E-state index contributed by atoms with van der Waals surface area (Å²) in [6, 6.07) is 0.555. The highest BCUT2D eigenvalue weighted by Gasteiger charge is 2.44. The highest BCUT2D eigenvalue weighted by molar-refractivity contribution is 5.89. The van der Waals surface area contributed by atoms with Crippen LogP contribution in [-0.4, -0.2) is 75.5 Å². The SMILES string of the molecule is CC(C)C(=O)N1C[C@@H]2CCN(C(=O)C[C@H](N)Cc3cc(F)c(F)cc3F)[C@@H]2C1.O=C(O)/C=C/C(=O)O. The summed E-state index contributed by atoms with van der Waals surface area (Å²) in [7, 11) is 0. The molecule has 0 saturated carbocycles. The van der Waals surface area contributed by atoms with Gasteiger partial charge in [0.15, 0.2) is 11.6 Å².